The molecular formula is C20H43N2O3P. The van der Waals surface area contributed by atoms with Crippen LogP contribution >= 0.6 is 7.26 Å². The molecule has 5 nitrogen and oxygen atoms in total. The van der Waals surface area contributed by atoms with Gasteiger partial charge in [-0.2, -0.15) is 0 Å². The van der Waals surface area contributed by atoms with Crippen molar-refractivity contribution >= 4 is 19.1 Å². The Morgan fingerprint density at radius 3 is 1.27 bits per heavy atom. The molecule has 0 saturated heterocycles. The van der Waals surface area contributed by atoms with Crippen LogP contribution in [0.2, 0.25) is 0 Å². The second-order valence-electron chi connectivity index (χ2n) is 7.25. The van der Waals surface area contributed by atoms with Gasteiger partial charge in [0.1, 0.15) is 0 Å². The van der Waals surface area contributed by atoms with Gasteiger partial charge in [-0.3, -0.25) is 4.79 Å². The molecule has 0 spiro atoms. The lowest BCUT2D eigenvalue weighted by Gasteiger charge is -2.28. The molecule has 0 aromatic rings. The molecule has 0 radical (unpaired) electrons. The summed E-state index contributed by atoms with van der Waals surface area (Å²) in [5, 5.41) is 9.79. The number of hydrogen-bond acceptors (Lipinski definition) is 4. The van der Waals surface area contributed by atoms with Crippen LogP contribution in [0, 0.1) is 0 Å². The summed E-state index contributed by atoms with van der Waals surface area (Å²) in [6.07, 6.45) is 17.6. The van der Waals surface area contributed by atoms with Gasteiger partial charge in [0, 0.05) is 13.7 Å². The Morgan fingerprint density at radius 2 is 1.12 bits per heavy atom. The van der Waals surface area contributed by atoms with Crippen molar-refractivity contribution in [2.24, 2.45) is 11.5 Å². The molecule has 156 valence electrons. The number of carboxylic acid groups (broad SMARTS) is 1. The van der Waals surface area contributed by atoms with Crippen molar-refractivity contribution in [3.05, 3.63) is 0 Å². The van der Waals surface area contributed by atoms with Gasteiger partial charge in [-0.15, -0.1) is 0 Å². The van der Waals surface area contributed by atoms with Gasteiger partial charge < -0.3 is 21.4 Å². The molecule has 1 atom stereocenters. The molecule has 4 N–H and O–H groups in total. The van der Waals surface area contributed by atoms with Gasteiger partial charge in [0.15, 0.2) is 0 Å². The first-order chi connectivity index (χ1) is 12.3. The number of unbranched alkanes of at least 4 members (excludes halogenated alkanes) is 4. The maximum Gasteiger partial charge on any atom is 0.219 e. The first-order valence-electron chi connectivity index (χ1n) is 10.4. The lowest BCUT2D eigenvalue weighted by atomic mass is 10.2. The number of hydrogen-bond donors (Lipinski definition) is 2. The van der Waals surface area contributed by atoms with Crippen LogP contribution in [-0.2, 0) is 9.59 Å². The molecular weight excluding hydrogens is 347 g/mol. The second-order valence-corrected chi connectivity index (χ2v) is 11.7. The Balaban J connectivity index is 0. The van der Waals surface area contributed by atoms with E-state index < -0.39 is 25.2 Å². The summed E-state index contributed by atoms with van der Waals surface area (Å²) >= 11 is 0. The van der Waals surface area contributed by atoms with E-state index in [2.05, 4.69) is 33.4 Å². The van der Waals surface area contributed by atoms with Crippen LogP contribution in [0.15, 0.2) is 0 Å². The third-order valence-electron chi connectivity index (χ3n) is 4.67. The highest BCUT2D eigenvalue weighted by Crippen LogP contribution is 2.61. The van der Waals surface area contributed by atoms with E-state index in [1.165, 1.54) is 51.4 Å². The Bertz CT molecular complexity index is 327. The molecule has 0 aromatic carbocycles. The van der Waals surface area contributed by atoms with Crippen molar-refractivity contribution in [3.8, 4) is 0 Å². The maximum absolute atomic E-state index is 9.97. The third-order valence-corrected chi connectivity index (χ3v) is 9.73. The van der Waals surface area contributed by atoms with E-state index in [1.807, 2.05) is 0 Å². The molecule has 0 saturated carbocycles. The predicted octanol–water partition coefficient (Wildman–Crippen LogP) is 3.14. The van der Waals surface area contributed by atoms with Gasteiger partial charge in [0.05, 0.1) is 36.7 Å². The number of primary amides is 1. The fourth-order valence-electron chi connectivity index (χ4n) is 2.94. The zero-order valence-corrected chi connectivity index (χ0v) is 18.5. The smallest absolute Gasteiger partial charge is 0.219 e. The van der Waals surface area contributed by atoms with E-state index in [4.69, 9.17) is 5.73 Å². The molecule has 0 aliphatic carbocycles. The lowest BCUT2D eigenvalue weighted by Crippen LogP contribution is -2.44. The first-order valence-corrected chi connectivity index (χ1v) is 12.9. The summed E-state index contributed by atoms with van der Waals surface area (Å²) in [4.78, 5) is 19.8. The van der Waals surface area contributed by atoms with E-state index in [9.17, 15) is 14.7 Å². The van der Waals surface area contributed by atoms with Gasteiger partial charge in [-0.1, -0.05) is 53.4 Å². The van der Waals surface area contributed by atoms with E-state index in [0.29, 0.717) is 0 Å². The van der Waals surface area contributed by atoms with Crippen molar-refractivity contribution in [1.29, 1.82) is 0 Å². The number of carbonyl (C=O) groups excluding carboxylic acids is 2. The summed E-state index contributed by atoms with van der Waals surface area (Å²) in [5.74, 6) is -2.21. The monoisotopic (exact) mass is 390 g/mol. The van der Waals surface area contributed by atoms with E-state index in [1.54, 1.807) is 24.6 Å². The molecule has 0 aromatic heterocycles. The number of carboxylic acids is 1. The predicted molar refractivity (Wildman–Crippen MR) is 113 cm³/mol. The van der Waals surface area contributed by atoms with Crippen LogP contribution in [0.4, 0.5) is 0 Å². The molecule has 6 heteroatoms. The molecule has 0 aliphatic heterocycles. The Kier molecular flexibility index (Phi) is 18.8. The van der Waals surface area contributed by atoms with Crippen molar-refractivity contribution in [3.63, 3.8) is 0 Å². The normalized spacial score (nSPS) is 12.2. The number of rotatable bonds is 15. The lowest BCUT2D eigenvalue weighted by molar-refractivity contribution is -0.307. The zero-order valence-electron chi connectivity index (χ0n) is 17.6. The van der Waals surface area contributed by atoms with Gasteiger partial charge in [0.25, 0.3) is 0 Å². The van der Waals surface area contributed by atoms with Crippen LogP contribution in [0.25, 0.3) is 0 Å². The topological polar surface area (TPSA) is 109 Å². The average molecular weight is 391 g/mol. The van der Waals surface area contributed by atoms with Crippen molar-refractivity contribution < 1.29 is 14.7 Å². The Hall–Kier alpha value is -0.670. The highest BCUT2D eigenvalue weighted by molar-refractivity contribution is 7.75. The van der Waals surface area contributed by atoms with Crippen LogP contribution in [-0.4, -0.2) is 42.6 Å². The molecule has 0 bridgehead atoms. The average Bonchev–Trinajstić information content (AvgIpc) is 2.60. The summed E-state index contributed by atoms with van der Waals surface area (Å²) in [5.41, 5.74) is 9.48. The number of carbonyl (C=O) groups is 2. The number of amides is 1. The molecule has 1 amide bonds. The minimum absolute atomic E-state index is 0.373. The molecule has 0 rings (SSSR count). The van der Waals surface area contributed by atoms with Crippen molar-refractivity contribution in [2.75, 3.05) is 24.6 Å². The first kappa shape index (κ1) is 27.5. The van der Waals surface area contributed by atoms with E-state index >= 15 is 0 Å². The number of aliphatic carboxylic acids is 1. The summed E-state index contributed by atoms with van der Waals surface area (Å²) in [6, 6.07) is -1.28. The van der Waals surface area contributed by atoms with Crippen LogP contribution in [0.3, 0.4) is 0 Å². The molecule has 0 fully saturated rings. The van der Waals surface area contributed by atoms with Crippen molar-refractivity contribution in [1.82, 2.24) is 0 Å². The van der Waals surface area contributed by atoms with Gasteiger partial charge in [-0.25, -0.2) is 0 Å². The maximum atomic E-state index is 9.97. The molecule has 0 unspecified atom stereocenters. The molecule has 0 aliphatic rings. The van der Waals surface area contributed by atoms with E-state index in [-0.39, 0.29) is 6.42 Å². The number of nitrogens with two attached hydrogens (primary N) is 2. The summed E-state index contributed by atoms with van der Waals surface area (Å²) < 4.78 is 0. The SMILES string of the molecule is CCCC[P+](CCCC)(CCCC)CCCC.NC(=O)C[C@H](N)C(=O)[O-]. The quantitative estimate of drug-likeness (QED) is 0.419. The minimum atomic E-state index is -1.46. The van der Waals surface area contributed by atoms with Crippen LogP contribution in [0.1, 0.15) is 85.5 Å². The fraction of sp³-hybridized carbons (Fsp3) is 0.900. The van der Waals surface area contributed by atoms with Crippen LogP contribution < -0.4 is 16.6 Å². The summed E-state index contributed by atoms with van der Waals surface area (Å²) in [7, 11) is -0.562. The second kappa shape index (κ2) is 17.7. The van der Waals surface area contributed by atoms with E-state index in [0.717, 1.165) is 0 Å². The standard InChI is InChI=1S/C16H36P.C4H8N2O3/c1-5-9-13-17(14-10-6-2,15-11-7-3)16-12-8-4;5-2(4(8)9)1-3(6)7/h5-16H2,1-4H3;2H,1,5H2,(H2,6,7)(H,8,9)/q+1;/p-1/t;2-/m.0/s1. The molecule has 0 heterocycles. The minimum Gasteiger partial charge on any atom is -0.548 e. The van der Waals surface area contributed by atoms with Gasteiger partial charge in [0.2, 0.25) is 5.91 Å². The zero-order chi connectivity index (χ0) is 20.4. The summed E-state index contributed by atoms with van der Waals surface area (Å²) in [6.45, 7) is 9.42. The van der Waals surface area contributed by atoms with Gasteiger partial charge >= 0.3 is 0 Å². The van der Waals surface area contributed by atoms with Crippen molar-refractivity contribution in [2.45, 2.75) is 91.5 Å². The largest absolute Gasteiger partial charge is 0.548 e. The highest BCUT2D eigenvalue weighted by Gasteiger charge is 2.34. The third kappa shape index (κ3) is 15.6. The fourth-order valence-corrected chi connectivity index (χ4v) is 8.23. The highest BCUT2D eigenvalue weighted by atomic mass is 31.2. The molecule has 26 heavy (non-hydrogen) atoms. The Morgan fingerprint density at radius 1 is 0.808 bits per heavy atom. The van der Waals surface area contributed by atoms with Gasteiger partial charge in [-0.05, 0) is 25.7 Å². The Labute approximate surface area is 162 Å². The van der Waals surface area contributed by atoms with Crippen LogP contribution in [0.5, 0.6) is 0 Å².